The van der Waals surface area contributed by atoms with Crippen molar-refractivity contribution in [3.8, 4) is 11.5 Å². The Morgan fingerprint density at radius 3 is 2.56 bits per heavy atom. The number of allylic oxidation sites excluding steroid dienone is 1. The average molecular weight is 462 g/mol. The van der Waals surface area contributed by atoms with Crippen LogP contribution in [0.5, 0.6) is 11.5 Å². The monoisotopic (exact) mass is 461 g/mol. The number of nitrogens with zero attached hydrogens (tertiary/aromatic N) is 1. The molecule has 6 nitrogen and oxygen atoms in total. The second-order valence-corrected chi connectivity index (χ2v) is 9.76. The van der Waals surface area contributed by atoms with E-state index in [0.717, 1.165) is 16.8 Å². The van der Waals surface area contributed by atoms with Crippen molar-refractivity contribution in [1.29, 1.82) is 0 Å². The molecular weight excluding hydrogens is 430 g/mol. The van der Waals surface area contributed by atoms with E-state index in [0.29, 0.717) is 36.5 Å². The predicted octanol–water partition coefficient (Wildman–Crippen LogP) is 5.35. The van der Waals surface area contributed by atoms with E-state index >= 15 is 0 Å². The number of benzene rings is 2. The summed E-state index contributed by atoms with van der Waals surface area (Å²) < 4.78 is 11.3. The highest BCUT2D eigenvalue weighted by atomic mass is 16.5. The summed E-state index contributed by atoms with van der Waals surface area (Å²) in [5, 5.41) is 10.2. The number of hydrogen-bond acceptors (Lipinski definition) is 6. The quantitative estimate of drug-likeness (QED) is 0.586. The first-order chi connectivity index (χ1) is 16.2. The number of fused-ring (bicyclic) bond motifs is 1. The Morgan fingerprint density at radius 2 is 1.85 bits per heavy atom. The van der Waals surface area contributed by atoms with Gasteiger partial charge in [-0.05, 0) is 48.9 Å². The number of aromatic hydroxyl groups is 1. The van der Waals surface area contributed by atoms with Crippen molar-refractivity contribution in [2.24, 2.45) is 16.3 Å². The third kappa shape index (κ3) is 4.76. The molecule has 1 aliphatic heterocycles. The lowest BCUT2D eigenvalue weighted by atomic mass is 9.63. The molecule has 178 valence electrons. The van der Waals surface area contributed by atoms with E-state index in [4.69, 9.17) is 14.5 Å². The number of carbonyl (C=O) groups excluding carboxylic acids is 2. The normalized spacial score (nSPS) is 21.5. The minimum Gasteiger partial charge on any atom is -0.504 e. The topological polar surface area (TPSA) is 85.2 Å². The fourth-order valence-corrected chi connectivity index (χ4v) is 5.01. The van der Waals surface area contributed by atoms with Crippen LogP contribution in [0.3, 0.4) is 0 Å². The van der Waals surface area contributed by atoms with Gasteiger partial charge in [-0.1, -0.05) is 50.2 Å². The van der Waals surface area contributed by atoms with Crippen LogP contribution in [0.4, 0.5) is 0 Å². The first kappa shape index (κ1) is 23.7. The number of carbonyl (C=O) groups is 2. The van der Waals surface area contributed by atoms with Gasteiger partial charge < -0.3 is 14.6 Å². The summed E-state index contributed by atoms with van der Waals surface area (Å²) in [6, 6.07) is 14.5. The van der Waals surface area contributed by atoms with Crippen LogP contribution in [-0.2, 0) is 20.9 Å². The number of phenolic OH excluding ortho intramolecular Hbond substituents is 1. The van der Waals surface area contributed by atoms with Gasteiger partial charge in [-0.25, -0.2) is 4.79 Å². The molecule has 2 aliphatic rings. The van der Waals surface area contributed by atoms with Gasteiger partial charge in [0.05, 0.1) is 18.1 Å². The number of rotatable bonds is 6. The van der Waals surface area contributed by atoms with Crippen molar-refractivity contribution in [2.45, 2.75) is 53.1 Å². The maximum atomic E-state index is 13.4. The maximum Gasteiger partial charge on any atom is 0.336 e. The highest BCUT2D eigenvalue weighted by Crippen LogP contribution is 2.48. The van der Waals surface area contributed by atoms with Crippen molar-refractivity contribution >= 4 is 17.5 Å². The largest absolute Gasteiger partial charge is 0.504 e. The Kier molecular flexibility index (Phi) is 6.60. The van der Waals surface area contributed by atoms with Crippen LogP contribution in [0, 0.1) is 11.3 Å². The zero-order chi connectivity index (χ0) is 24.5. The van der Waals surface area contributed by atoms with Gasteiger partial charge in [0.2, 0.25) is 0 Å². The minimum absolute atomic E-state index is 0.0142. The van der Waals surface area contributed by atoms with E-state index in [1.807, 2.05) is 37.3 Å². The molecule has 4 rings (SSSR count). The Balaban J connectivity index is 1.77. The molecule has 0 spiro atoms. The molecule has 2 atom stereocenters. The number of Topliss-reactive ketones (excluding diaryl/α,β-unsaturated/α-hetero) is 1. The zero-order valence-corrected chi connectivity index (χ0v) is 20.1. The van der Waals surface area contributed by atoms with Crippen molar-refractivity contribution in [3.05, 3.63) is 70.9 Å². The van der Waals surface area contributed by atoms with Crippen LogP contribution >= 0.6 is 0 Å². The van der Waals surface area contributed by atoms with Crippen LogP contribution < -0.4 is 4.74 Å². The van der Waals surface area contributed by atoms with E-state index in [2.05, 4.69) is 13.8 Å². The summed E-state index contributed by atoms with van der Waals surface area (Å²) in [7, 11) is 0. The van der Waals surface area contributed by atoms with Crippen LogP contribution in [0.1, 0.15) is 57.6 Å². The first-order valence-corrected chi connectivity index (χ1v) is 11.7. The standard InChI is InChI=1S/C28H31NO5/c1-5-33-23-13-19(11-12-21(23)30)25-24(27(32)34-16-18-9-7-6-8-10-18)17(2)29-20-14-28(3,4)15-22(31)26(20)25/h6-13,25-26,30H,5,14-16H2,1-4H3/t25-,26?/m1/s1. The van der Waals surface area contributed by atoms with E-state index in [9.17, 15) is 14.7 Å². The lowest BCUT2D eigenvalue weighted by Gasteiger charge is -2.41. The molecule has 6 heteroatoms. The minimum atomic E-state index is -0.556. The number of ether oxygens (including phenoxy) is 2. The molecule has 0 radical (unpaired) electrons. The Bertz CT molecular complexity index is 1160. The summed E-state index contributed by atoms with van der Waals surface area (Å²) in [5.74, 6) is -1.19. The highest BCUT2D eigenvalue weighted by molar-refractivity contribution is 6.12. The van der Waals surface area contributed by atoms with Gasteiger partial charge in [0.1, 0.15) is 12.4 Å². The van der Waals surface area contributed by atoms with Gasteiger partial charge in [-0.3, -0.25) is 9.79 Å². The fourth-order valence-electron chi connectivity index (χ4n) is 5.01. The molecule has 2 aromatic carbocycles. The number of ketones is 1. The van der Waals surface area contributed by atoms with Crippen molar-refractivity contribution < 1.29 is 24.2 Å². The SMILES string of the molecule is CCOc1cc([C@@H]2C(C(=O)OCc3ccccc3)=C(C)N=C3CC(C)(C)CC(=O)C32)ccc1O. The average Bonchev–Trinajstić information content (AvgIpc) is 2.78. The molecule has 0 amide bonds. The van der Waals surface area contributed by atoms with Crippen molar-refractivity contribution in [3.63, 3.8) is 0 Å². The molecule has 34 heavy (non-hydrogen) atoms. The third-order valence-corrected chi connectivity index (χ3v) is 6.44. The Hall–Kier alpha value is -3.41. The van der Waals surface area contributed by atoms with E-state index in [1.54, 1.807) is 25.1 Å². The maximum absolute atomic E-state index is 13.4. The molecule has 1 aliphatic carbocycles. The number of phenols is 1. The summed E-state index contributed by atoms with van der Waals surface area (Å²) in [4.78, 5) is 31.6. The molecule has 1 heterocycles. The molecule has 2 aromatic rings. The second kappa shape index (κ2) is 9.45. The first-order valence-electron chi connectivity index (χ1n) is 11.7. The van der Waals surface area contributed by atoms with E-state index in [-0.39, 0.29) is 23.6 Å². The third-order valence-electron chi connectivity index (χ3n) is 6.44. The second-order valence-electron chi connectivity index (χ2n) is 9.76. The van der Waals surface area contributed by atoms with Gasteiger partial charge in [0.25, 0.3) is 0 Å². The zero-order valence-electron chi connectivity index (χ0n) is 20.1. The fraction of sp³-hybridized carbons (Fsp3) is 0.393. The summed E-state index contributed by atoms with van der Waals surface area (Å²) in [5.41, 5.74) is 3.15. The summed E-state index contributed by atoms with van der Waals surface area (Å²) >= 11 is 0. The molecule has 0 saturated heterocycles. The molecule has 1 N–H and O–H groups in total. The number of esters is 1. The highest BCUT2D eigenvalue weighted by Gasteiger charge is 2.47. The number of hydrogen-bond donors (Lipinski definition) is 1. The van der Waals surface area contributed by atoms with Crippen molar-refractivity contribution in [1.82, 2.24) is 0 Å². The lowest BCUT2D eigenvalue weighted by molar-refractivity contribution is -0.140. The van der Waals surface area contributed by atoms with Gasteiger partial charge >= 0.3 is 5.97 Å². The summed E-state index contributed by atoms with van der Waals surface area (Å²) in [6.45, 7) is 8.27. The van der Waals surface area contributed by atoms with E-state index < -0.39 is 17.8 Å². The Morgan fingerprint density at radius 1 is 1.12 bits per heavy atom. The van der Waals surface area contributed by atoms with Crippen LogP contribution in [-0.4, -0.2) is 29.2 Å². The molecule has 1 fully saturated rings. The smallest absolute Gasteiger partial charge is 0.336 e. The van der Waals surface area contributed by atoms with Gasteiger partial charge in [0, 0.05) is 23.7 Å². The predicted molar refractivity (Wildman–Crippen MR) is 130 cm³/mol. The summed E-state index contributed by atoms with van der Waals surface area (Å²) in [6.07, 6.45) is 1.09. The van der Waals surface area contributed by atoms with Gasteiger partial charge in [-0.2, -0.15) is 0 Å². The van der Waals surface area contributed by atoms with E-state index in [1.165, 1.54) is 0 Å². The van der Waals surface area contributed by atoms with Gasteiger partial charge in [-0.15, -0.1) is 0 Å². The lowest BCUT2D eigenvalue weighted by Crippen LogP contribution is -2.44. The van der Waals surface area contributed by atoms with Crippen LogP contribution in [0.25, 0.3) is 0 Å². The molecule has 0 aromatic heterocycles. The molecule has 1 unspecified atom stereocenters. The van der Waals surface area contributed by atoms with Crippen LogP contribution in [0.2, 0.25) is 0 Å². The molecule has 1 saturated carbocycles. The van der Waals surface area contributed by atoms with Crippen molar-refractivity contribution in [2.75, 3.05) is 6.61 Å². The Labute approximate surface area is 200 Å². The van der Waals surface area contributed by atoms with Crippen LogP contribution in [0.15, 0.2) is 64.8 Å². The molecule has 0 bridgehead atoms. The van der Waals surface area contributed by atoms with Gasteiger partial charge in [0.15, 0.2) is 11.5 Å². The molecular formula is C28H31NO5. The number of aliphatic imine (C=N–C) groups is 1.